The summed E-state index contributed by atoms with van der Waals surface area (Å²) in [5.41, 5.74) is -0.923. The normalized spacial score (nSPS) is 18.0. The van der Waals surface area contributed by atoms with Crippen molar-refractivity contribution in [1.82, 2.24) is 0 Å². The number of benzene rings is 1. The summed E-state index contributed by atoms with van der Waals surface area (Å²) in [6, 6.07) is 3.48. The molecule has 0 fully saturated rings. The highest BCUT2D eigenvalue weighted by atomic mass is 32.3. The van der Waals surface area contributed by atoms with Gasteiger partial charge in [-0.25, -0.2) is 0 Å². The molecule has 0 atom stereocenters. The Morgan fingerprint density at radius 1 is 1.00 bits per heavy atom. The molecule has 0 amide bonds. The predicted molar refractivity (Wildman–Crippen MR) is 77.3 cm³/mol. The second-order valence-corrected chi connectivity index (χ2v) is 8.14. The van der Waals surface area contributed by atoms with Crippen molar-refractivity contribution in [2.24, 2.45) is 0 Å². The van der Waals surface area contributed by atoms with Crippen molar-refractivity contribution in [2.75, 3.05) is 0 Å². The lowest BCUT2D eigenvalue weighted by atomic mass is 9.95. The quantitative estimate of drug-likeness (QED) is 0.465. The molecule has 4 N–H and O–H groups in total. The Hall–Kier alpha value is -1.88. The monoisotopic (exact) mass is 348 g/mol. The van der Waals surface area contributed by atoms with Gasteiger partial charge in [0.25, 0.3) is 24.3 Å². The van der Waals surface area contributed by atoms with E-state index in [0.29, 0.717) is 0 Å². The molecule has 1 aliphatic rings. The molecule has 0 aliphatic heterocycles. The van der Waals surface area contributed by atoms with Crippen molar-refractivity contribution < 1.29 is 36.2 Å². The van der Waals surface area contributed by atoms with E-state index in [-0.39, 0.29) is 5.56 Å². The second-order valence-electron chi connectivity index (χ2n) is 4.59. The number of allylic oxidation sites excluding steroid dienone is 3. The zero-order chi connectivity index (χ0) is 16.8. The van der Waals surface area contributed by atoms with E-state index in [9.17, 15) is 36.2 Å². The number of aromatic hydroxyl groups is 2. The van der Waals surface area contributed by atoms with Crippen molar-refractivity contribution >= 4 is 25.8 Å². The summed E-state index contributed by atoms with van der Waals surface area (Å²) < 4.78 is 62.7. The van der Waals surface area contributed by atoms with Gasteiger partial charge >= 0.3 is 0 Å². The van der Waals surface area contributed by atoms with Crippen LogP contribution in [0.3, 0.4) is 0 Å². The Kier molecular flexibility index (Phi) is 3.81. The summed E-state index contributed by atoms with van der Waals surface area (Å²) in [4.78, 5) is 0. The predicted octanol–water partition coefficient (Wildman–Crippen LogP) is 0.913. The third-order valence-corrected chi connectivity index (χ3v) is 7.04. The Labute approximate surface area is 126 Å². The highest BCUT2D eigenvalue weighted by Gasteiger charge is 2.58. The van der Waals surface area contributed by atoms with Crippen LogP contribution in [-0.4, -0.2) is 40.2 Å². The van der Waals surface area contributed by atoms with Gasteiger partial charge in [-0.3, -0.25) is 9.11 Å². The fourth-order valence-corrected chi connectivity index (χ4v) is 4.88. The zero-order valence-electron chi connectivity index (χ0n) is 10.9. The van der Waals surface area contributed by atoms with E-state index in [4.69, 9.17) is 0 Å². The minimum atomic E-state index is -5.32. The van der Waals surface area contributed by atoms with Crippen molar-refractivity contribution in [3.8, 4) is 11.5 Å². The maximum absolute atomic E-state index is 11.7. The number of phenolic OH excluding ortho intramolecular Hbond substituents is 2. The smallest absolute Gasteiger partial charge is 0.292 e. The minimum Gasteiger partial charge on any atom is -0.504 e. The SMILES string of the molecule is O=S(=O)(O)C1(S(=O)(=O)O)CC=CC=C1c1cccc(O)c1O. The molecule has 8 nitrogen and oxygen atoms in total. The highest BCUT2D eigenvalue weighted by Crippen LogP contribution is 2.47. The molecule has 0 bridgehead atoms. The van der Waals surface area contributed by atoms with E-state index < -0.39 is 47.8 Å². The molecule has 0 saturated carbocycles. The van der Waals surface area contributed by atoms with Crippen LogP contribution < -0.4 is 0 Å². The second kappa shape index (κ2) is 5.09. The molecule has 2 rings (SSSR count). The van der Waals surface area contributed by atoms with Gasteiger partial charge in [0, 0.05) is 17.6 Å². The lowest BCUT2D eigenvalue weighted by Gasteiger charge is -2.31. The lowest BCUT2D eigenvalue weighted by molar-refractivity contribution is 0.401. The maximum Gasteiger partial charge on any atom is 0.292 e. The molecule has 0 unspecified atom stereocenters. The maximum atomic E-state index is 11.7. The summed E-state index contributed by atoms with van der Waals surface area (Å²) in [7, 11) is -10.6. The van der Waals surface area contributed by atoms with Crippen molar-refractivity contribution in [2.45, 2.75) is 10.5 Å². The van der Waals surface area contributed by atoms with E-state index in [1.54, 1.807) is 0 Å². The number of hydrogen-bond donors (Lipinski definition) is 4. The first-order valence-corrected chi connectivity index (χ1v) is 8.73. The van der Waals surface area contributed by atoms with Crippen LogP contribution in [0, 0.1) is 0 Å². The minimum absolute atomic E-state index is 0.348. The molecule has 1 aromatic rings. The first-order valence-electron chi connectivity index (χ1n) is 5.85. The Morgan fingerprint density at radius 2 is 1.59 bits per heavy atom. The van der Waals surface area contributed by atoms with Gasteiger partial charge in [0.1, 0.15) is 0 Å². The molecule has 120 valence electrons. The molecule has 0 saturated heterocycles. The van der Waals surface area contributed by atoms with Crippen LogP contribution in [0.25, 0.3) is 5.57 Å². The fraction of sp³-hybridized carbons (Fsp3) is 0.167. The summed E-state index contributed by atoms with van der Waals surface area (Å²) in [5.74, 6) is -1.40. The molecular weight excluding hydrogens is 336 g/mol. The molecule has 1 aliphatic carbocycles. The molecule has 0 radical (unpaired) electrons. The van der Waals surface area contributed by atoms with Crippen LogP contribution >= 0.6 is 0 Å². The molecule has 10 heteroatoms. The van der Waals surface area contributed by atoms with Gasteiger partial charge in [-0.05, 0) is 6.07 Å². The standard InChI is InChI=1S/C12H12O8S2/c13-10-6-3-4-8(11(10)14)9-5-1-2-7-12(9,21(15,16)17)22(18,19)20/h1-6,13-14H,7H2,(H,15,16,17)(H,18,19,20). The number of phenols is 2. The van der Waals surface area contributed by atoms with Crippen LogP contribution in [0.15, 0.2) is 36.4 Å². The van der Waals surface area contributed by atoms with Gasteiger partial charge < -0.3 is 10.2 Å². The molecule has 1 aromatic carbocycles. The average molecular weight is 348 g/mol. The van der Waals surface area contributed by atoms with Crippen LogP contribution in [-0.2, 0) is 20.2 Å². The van der Waals surface area contributed by atoms with E-state index in [2.05, 4.69) is 0 Å². The van der Waals surface area contributed by atoms with Crippen LogP contribution in [0.1, 0.15) is 12.0 Å². The number of hydrogen-bond acceptors (Lipinski definition) is 6. The first-order chi connectivity index (χ1) is 10.0. The third kappa shape index (κ3) is 2.29. The third-order valence-electron chi connectivity index (χ3n) is 3.33. The Bertz CT molecular complexity index is 846. The largest absolute Gasteiger partial charge is 0.504 e. The average Bonchev–Trinajstić information content (AvgIpc) is 2.39. The number of rotatable bonds is 3. The summed E-state index contributed by atoms with van der Waals surface area (Å²) in [6.07, 6.45) is 2.68. The van der Waals surface area contributed by atoms with Crippen LogP contribution in [0.5, 0.6) is 11.5 Å². The molecule has 0 heterocycles. The molecular formula is C12H12O8S2. The topological polar surface area (TPSA) is 149 Å². The fourth-order valence-electron chi connectivity index (χ4n) is 2.29. The Balaban J connectivity index is 2.90. The zero-order valence-corrected chi connectivity index (χ0v) is 12.5. The number of para-hydroxylation sites is 1. The van der Waals surface area contributed by atoms with E-state index >= 15 is 0 Å². The van der Waals surface area contributed by atoms with E-state index in [1.165, 1.54) is 12.1 Å². The first kappa shape index (κ1) is 16.5. The molecule has 0 spiro atoms. The Morgan fingerprint density at radius 3 is 2.14 bits per heavy atom. The van der Waals surface area contributed by atoms with Gasteiger partial charge in [0.2, 0.25) is 0 Å². The van der Waals surface area contributed by atoms with Gasteiger partial charge in [-0.2, -0.15) is 16.8 Å². The van der Waals surface area contributed by atoms with Crippen molar-refractivity contribution in [3.05, 3.63) is 42.0 Å². The summed E-state index contributed by atoms with van der Waals surface area (Å²) >= 11 is 0. The lowest BCUT2D eigenvalue weighted by Crippen LogP contribution is -2.47. The van der Waals surface area contributed by atoms with E-state index in [1.807, 2.05) is 0 Å². The van der Waals surface area contributed by atoms with E-state index in [0.717, 1.165) is 24.3 Å². The van der Waals surface area contributed by atoms with Crippen LogP contribution in [0.2, 0.25) is 0 Å². The molecule has 22 heavy (non-hydrogen) atoms. The van der Waals surface area contributed by atoms with Gasteiger partial charge in [-0.1, -0.05) is 30.4 Å². The molecule has 0 aromatic heterocycles. The van der Waals surface area contributed by atoms with Gasteiger partial charge in [-0.15, -0.1) is 0 Å². The van der Waals surface area contributed by atoms with Gasteiger partial charge in [0.15, 0.2) is 11.5 Å². The summed E-state index contributed by atoms with van der Waals surface area (Å²) in [6.45, 7) is 0. The van der Waals surface area contributed by atoms with Crippen LogP contribution in [0.4, 0.5) is 0 Å². The highest BCUT2D eigenvalue weighted by molar-refractivity contribution is 8.06. The van der Waals surface area contributed by atoms with Gasteiger partial charge in [0.05, 0.1) is 0 Å². The van der Waals surface area contributed by atoms with Crippen molar-refractivity contribution in [1.29, 1.82) is 0 Å². The van der Waals surface area contributed by atoms with Crippen molar-refractivity contribution in [3.63, 3.8) is 0 Å². The summed E-state index contributed by atoms with van der Waals surface area (Å²) in [5, 5.41) is 19.3.